The van der Waals surface area contributed by atoms with Gasteiger partial charge in [-0.05, 0) is 31.9 Å². The van der Waals surface area contributed by atoms with Crippen molar-refractivity contribution in [1.82, 2.24) is 9.96 Å². The van der Waals surface area contributed by atoms with Gasteiger partial charge in [0.25, 0.3) is 5.91 Å². The summed E-state index contributed by atoms with van der Waals surface area (Å²) in [6, 6.07) is 18.3. The van der Waals surface area contributed by atoms with E-state index in [2.05, 4.69) is 0 Å². The van der Waals surface area contributed by atoms with Gasteiger partial charge in [0.05, 0.1) is 13.2 Å². The van der Waals surface area contributed by atoms with Crippen molar-refractivity contribution in [3.8, 4) is 0 Å². The Bertz CT molecular complexity index is 867. The highest BCUT2D eigenvalue weighted by Crippen LogP contribution is 2.24. The van der Waals surface area contributed by atoms with Gasteiger partial charge >= 0.3 is 6.09 Å². The lowest BCUT2D eigenvalue weighted by molar-refractivity contribution is -0.175. The average molecular weight is 427 g/mol. The van der Waals surface area contributed by atoms with E-state index in [-0.39, 0.29) is 31.6 Å². The average Bonchev–Trinajstić information content (AvgIpc) is 3.20. The van der Waals surface area contributed by atoms with E-state index >= 15 is 0 Å². The van der Waals surface area contributed by atoms with E-state index in [1.807, 2.05) is 60.7 Å². The number of carbonyl (C=O) groups excluding carboxylic acids is 1. The molecular formula is C24H30N2O5. The van der Waals surface area contributed by atoms with Gasteiger partial charge in [-0.15, -0.1) is 0 Å². The van der Waals surface area contributed by atoms with Crippen LogP contribution in [-0.4, -0.2) is 57.9 Å². The Hall–Kier alpha value is -2.90. The molecule has 1 heterocycles. The van der Waals surface area contributed by atoms with Gasteiger partial charge in [0, 0.05) is 12.0 Å². The first kappa shape index (κ1) is 22.8. The first-order chi connectivity index (χ1) is 14.8. The predicted molar refractivity (Wildman–Crippen MR) is 116 cm³/mol. The highest BCUT2D eigenvalue weighted by molar-refractivity contribution is 5.85. The fraction of sp³-hybridized carbons (Fsp3) is 0.417. The molecule has 31 heavy (non-hydrogen) atoms. The zero-order valence-electron chi connectivity index (χ0n) is 18.2. The number of amides is 2. The van der Waals surface area contributed by atoms with E-state index < -0.39 is 17.7 Å². The van der Waals surface area contributed by atoms with Crippen LogP contribution in [0, 0.1) is 0 Å². The molecule has 1 N–H and O–H groups in total. The molecule has 7 heteroatoms. The normalized spacial score (nSPS) is 17.4. The third kappa shape index (κ3) is 6.06. The summed E-state index contributed by atoms with van der Waals surface area (Å²) in [7, 11) is 0. The van der Waals surface area contributed by atoms with Crippen molar-refractivity contribution in [2.24, 2.45) is 0 Å². The van der Waals surface area contributed by atoms with Gasteiger partial charge < -0.3 is 9.84 Å². The highest BCUT2D eigenvalue weighted by Gasteiger charge is 2.42. The first-order valence-electron chi connectivity index (χ1n) is 10.4. The van der Waals surface area contributed by atoms with Gasteiger partial charge in [-0.2, -0.15) is 0 Å². The molecule has 0 aliphatic carbocycles. The molecule has 2 atom stereocenters. The third-order valence-electron chi connectivity index (χ3n) is 5.16. The van der Waals surface area contributed by atoms with Gasteiger partial charge in [-0.25, -0.2) is 9.86 Å². The molecule has 1 saturated heterocycles. The molecular weight excluding hydrogens is 396 g/mol. The molecule has 0 aromatic heterocycles. The van der Waals surface area contributed by atoms with E-state index in [0.717, 1.165) is 11.1 Å². The third-order valence-corrected chi connectivity index (χ3v) is 5.16. The molecule has 166 valence electrons. The molecule has 2 amide bonds. The summed E-state index contributed by atoms with van der Waals surface area (Å²) in [5.41, 5.74) is 1.16. The lowest BCUT2D eigenvalue weighted by atomic mass is 9.97. The summed E-state index contributed by atoms with van der Waals surface area (Å²) in [6.45, 7) is 6.27. The highest BCUT2D eigenvalue weighted by atomic mass is 16.7. The summed E-state index contributed by atoms with van der Waals surface area (Å²) >= 11 is 0. The summed E-state index contributed by atoms with van der Waals surface area (Å²) in [6.07, 6.45) is -1.15. The van der Waals surface area contributed by atoms with Crippen LogP contribution in [0.15, 0.2) is 60.7 Å². The number of rotatable bonds is 7. The Morgan fingerprint density at radius 1 is 1.10 bits per heavy atom. The SMILES string of the molecule is CC(C)(C)N(C(=O)O)[C@@H](Cc1ccccc1)C(=O)N1CC(OCc2ccccc2)CO1. The second-order valence-corrected chi connectivity index (χ2v) is 8.64. The predicted octanol–water partition coefficient (Wildman–Crippen LogP) is 3.74. The molecule has 1 aliphatic heterocycles. The van der Waals surface area contributed by atoms with E-state index in [1.165, 1.54) is 9.96 Å². The van der Waals surface area contributed by atoms with Crippen LogP contribution in [0.1, 0.15) is 31.9 Å². The minimum Gasteiger partial charge on any atom is -0.465 e. The number of carboxylic acid groups (broad SMARTS) is 1. The maximum absolute atomic E-state index is 13.4. The van der Waals surface area contributed by atoms with Crippen LogP contribution in [0.4, 0.5) is 4.79 Å². The van der Waals surface area contributed by atoms with Gasteiger partial charge in [0.15, 0.2) is 0 Å². The fourth-order valence-electron chi connectivity index (χ4n) is 3.69. The second kappa shape index (κ2) is 9.94. The van der Waals surface area contributed by atoms with Gasteiger partial charge in [-0.1, -0.05) is 60.7 Å². The molecule has 0 radical (unpaired) electrons. The fourth-order valence-corrected chi connectivity index (χ4v) is 3.69. The largest absolute Gasteiger partial charge is 0.465 e. The monoisotopic (exact) mass is 426 g/mol. The van der Waals surface area contributed by atoms with Crippen molar-refractivity contribution in [2.75, 3.05) is 13.2 Å². The van der Waals surface area contributed by atoms with Crippen molar-refractivity contribution in [2.45, 2.75) is 51.5 Å². The summed E-state index contributed by atoms with van der Waals surface area (Å²) in [5, 5.41) is 11.2. The van der Waals surface area contributed by atoms with E-state index in [9.17, 15) is 14.7 Å². The van der Waals surface area contributed by atoms with Crippen LogP contribution in [0.5, 0.6) is 0 Å². The first-order valence-corrected chi connectivity index (χ1v) is 10.4. The number of hydroxylamine groups is 2. The van der Waals surface area contributed by atoms with Crippen LogP contribution in [0.3, 0.4) is 0 Å². The Balaban J connectivity index is 1.72. The van der Waals surface area contributed by atoms with Gasteiger partial charge in [0.2, 0.25) is 0 Å². The number of benzene rings is 2. The second-order valence-electron chi connectivity index (χ2n) is 8.64. The molecule has 7 nitrogen and oxygen atoms in total. The molecule has 3 rings (SSSR count). The zero-order chi connectivity index (χ0) is 22.4. The van der Waals surface area contributed by atoms with Crippen molar-refractivity contribution >= 4 is 12.0 Å². The van der Waals surface area contributed by atoms with Crippen molar-refractivity contribution < 1.29 is 24.3 Å². The molecule has 0 saturated carbocycles. The standard InChI is InChI=1S/C24H30N2O5/c1-24(2,3)26(23(28)29)21(14-18-10-6-4-7-11-18)22(27)25-15-20(17-31-25)30-16-19-12-8-5-9-13-19/h4-13,20-21H,14-17H2,1-3H3,(H,28,29)/t20?,21-/m0/s1. The lowest BCUT2D eigenvalue weighted by Gasteiger charge is -2.39. The molecule has 0 spiro atoms. The Morgan fingerprint density at radius 3 is 2.23 bits per heavy atom. The summed E-state index contributed by atoms with van der Waals surface area (Å²) < 4.78 is 5.89. The molecule has 1 fully saturated rings. The Kier molecular flexibility index (Phi) is 7.30. The molecule has 2 aromatic rings. The summed E-state index contributed by atoms with van der Waals surface area (Å²) in [4.78, 5) is 32.3. The van der Waals surface area contributed by atoms with Gasteiger partial charge in [-0.3, -0.25) is 14.5 Å². The van der Waals surface area contributed by atoms with Crippen molar-refractivity contribution in [3.05, 3.63) is 71.8 Å². The minimum absolute atomic E-state index is 0.249. The van der Waals surface area contributed by atoms with Crippen molar-refractivity contribution in [1.29, 1.82) is 0 Å². The lowest BCUT2D eigenvalue weighted by Crippen LogP contribution is -2.58. The van der Waals surface area contributed by atoms with Gasteiger partial charge in [0.1, 0.15) is 18.8 Å². The zero-order valence-corrected chi connectivity index (χ0v) is 18.2. The van der Waals surface area contributed by atoms with E-state index in [0.29, 0.717) is 6.61 Å². The molecule has 1 aliphatic rings. The van der Waals surface area contributed by atoms with Crippen LogP contribution >= 0.6 is 0 Å². The quantitative estimate of drug-likeness (QED) is 0.730. The number of ether oxygens (including phenoxy) is 1. The smallest absolute Gasteiger partial charge is 0.408 e. The van der Waals surface area contributed by atoms with Crippen LogP contribution in [0.25, 0.3) is 0 Å². The van der Waals surface area contributed by atoms with E-state index in [1.54, 1.807) is 20.8 Å². The van der Waals surface area contributed by atoms with Crippen LogP contribution in [0.2, 0.25) is 0 Å². The molecule has 2 aromatic carbocycles. The van der Waals surface area contributed by atoms with E-state index in [4.69, 9.17) is 9.57 Å². The van der Waals surface area contributed by atoms with Crippen LogP contribution in [-0.2, 0) is 27.4 Å². The Labute approximate surface area is 183 Å². The number of hydrogen-bond donors (Lipinski definition) is 1. The topological polar surface area (TPSA) is 79.3 Å². The Morgan fingerprint density at radius 2 is 1.68 bits per heavy atom. The number of nitrogens with zero attached hydrogens (tertiary/aromatic N) is 2. The minimum atomic E-state index is -1.14. The maximum Gasteiger partial charge on any atom is 0.408 e. The van der Waals surface area contributed by atoms with Crippen LogP contribution < -0.4 is 0 Å². The maximum atomic E-state index is 13.4. The van der Waals surface area contributed by atoms with Crippen molar-refractivity contribution in [3.63, 3.8) is 0 Å². The molecule has 1 unspecified atom stereocenters. The summed E-state index contributed by atoms with van der Waals surface area (Å²) in [5.74, 6) is -0.382. The number of carbonyl (C=O) groups is 2. The molecule has 0 bridgehead atoms. The number of hydrogen-bond acceptors (Lipinski definition) is 4.